The fourth-order valence-electron chi connectivity index (χ4n) is 11.1. The summed E-state index contributed by atoms with van der Waals surface area (Å²) in [6, 6.07) is 36.4. The number of aliphatic hydroxyl groups excluding tert-OH is 2. The van der Waals surface area contributed by atoms with E-state index in [-0.39, 0.29) is 62.6 Å². The monoisotopic (exact) mass is 1030 g/mol. The van der Waals surface area contributed by atoms with Gasteiger partial charge in [-0.1, -0.05) is 72.6 Å². The Morgan fingerprint density at radius 3 is 2.17 bits per heavy atom. The molecule has 1 saturated carbocycles. The second kappa shape index (κ2) is 24.1. The van der Waals surface area contributed by atoms with E-state index in [1.165, 1.54) is 42.5 Å². The van der Waals surface area contributed by atoms with Gasteiger partial charge in [-0.15, -0.1) is 6.58 Å². The number of nitro groups is 2. The summed E-state index contributed by atoms with van der Waals surface area (Å²) in [6.45, 7) is 3.99. The Balaban J connectivity index is 1.24. The van der Waals surface area contributed by atoms with Crippen LogP contribution in [0.2, 0.25) is 0 Å². The fraction of sp³-hybridized carbons (Fsp3) is 0.300. The number of ether oxygens (including phenoxy) is 3. The maximum Gasteiger partial charge on any atom is 0.269 e. The van der Waals surface area contributed by atoms with Crippen LogP contribution in [0, 0.1) is 43.8 Å². The minimum absolute atomic E-state index is 0.000925. The molecule has 0 spiro atoms. The molecule has 1 aliphatic heterocycles. The summed E-state index contributed by atoms with van der Waals surface area (Å²) in [5.74, 6) is -2.14. The Kier molecular flexibility index (Phi) is 16.7. The van der Waals surface area contributed by atoms with Crippen LogP contribution in [-0.4, -0.2) is 68.2 Å². The molecular weight excluding hydrogens is 972 g/mol. The van der Waals surface area contributed by atoms with E-state index in [0.717, 1.165) is 28.3 Å². The smallest absolute Gasteiger partial charge is 0.269 e. The van der Waals surface area contributed by atoms with Gasteiger partial charge in [0.2, 0.25) is 11.7 Å². The SMILES string of the molecule is C=CCOC12Oc3ccc(Oc4ccc5ccccc5c4)cc3C3C(CCCCO)C(CCCCO)C=C(C(=NOCc4ccc([N+](=O)[O-])cc4)CC1N(Cc1ccc(F)cc1)C(=O)C=Cc1ccc([N+](=O)[O-])cc1)C32. The maximum atomic E-state index is 15.3. The Labute approximate surface area is 439 Å². The van der Waals surface area contributed by atoms with Crippen LogP contribution >= 0.6 is 0 Å². The molecule has 9 rings (SSSR count). The molecule has 0 aromatic heterocycles. The van der Waals surface area contributed by atoms with Gasteiger partial charge in [-0.25, -0.2) is 4.39 Å². The van der Waals surface area contributed by atoms with Gasteiger partial charge in [0.25, 0.3) is 11.4 Å². The van der Waals surface area contributed by atoms with Gasteiger partial charge in [-0.05, 0) is 143 Å². The van der Waals surface area contributed by atoms with Crippen LogP contribution < -0.4 is 9.47 Å². The number of oxime groups is 1. The van der Waals surface area contributed by atoms with Crippen molar-refractivity contribution in [3.8, 4) is 17.2 Å². The van der Waals surface area contributed by atoms with Crippen LogP contribution in [0.3, 0.4) is 0 Å². The molecule has 0 radical (unpaired) electrons. The quantitative estimate of drug-likeness (QED) is 0.0204. The molecule has 6 aromatic rings. The first-order valence-electron chi connectivity index (χ1n) is 25.6. The van der Waals surface area contributed by atoms with Gasteiger partial charge in [-0.3, -0.25) is 25.0 Å². The number of fused-ring (bicyclic) bond motifs is 3. The highest BCUT2D eigenvalue weighted by atomic mass is 19.1. The van der Waals surface area contributed by atoms with Gasteiger partial charge >= 0.3 is 0 Å². The number of allylic oxidation sites excluding steroid dienone is 1. The summed E-state index contributed by atoms with van der Waals surface area (Å²) < 4.78 is 35.9. The van der Waals surface area contributed by atoms with E-state index in [1.807, 2.05) is 60.7 Å². The minimum Gasteiger partial charge on any atom is -0.459 e. The summed E-state index contributed by atoms with van der Waals surface area (Å²) >= 11 is 0. The van der Waals surface area contributed by atoms with Gasteiger partial charge in [0.1, 0.15) is 35.7 Å². The largest absolute Gasteiger partial charge is 0.459 e. The maximum absolute atomic E-state index is 15.3. The molecule has 2 aliphatic carbocycles. The zero-order valence-corrected chi connectivity index (χ0v) is 41.8. The van der Waals surface area contributed by atoms with Crippen LogP contribution in [0.4, 0.5) is 15.8 Å². The normalized spacial score (nSPS) is 21.0. The number of benzene rings is 6. The molecule has 392 valence electrons. The summed E-state index contributed by atoms with van der Waals surface area (Å²) in [5.41, 5.74) is 3.71. The van der Waals surface area contributed by atoms with Crippen molar-refractivity contribution < 1.29 is 48.3 Å². The Morgan fingerprint density at radius 1 is 0.816 bits per heavy atom. The lowest BCUT2D eigenvalue weighted by Gasteiger charge is -2.60. The van der Waals surface area contributed by atoms with Crippen molar-refractivity contribution in [1.29, 1.82) is 0 Å². The lowest BCUT2D eigenvalue weighted by Crippen LogP contribution is -2.70. The topological polar surface area (TPSA) is 196 Å². The van der Waals surface area contributed by atoms with E-state index in [0.29, 0.717) is 71.8 Å². The number of non-ortho nitro benzene ring substituents is 2. The molecular formula is C60H59FN4O11. The third-order valence-electron chi connectivity index (χ3n) is 14.6. The summed E-state index contributed by atoms with van der Waals surface area (Å²) in [5, 5.41) is 50.2. The number of rotatable bonds is 23. The summed E-state index contributed by atoms with van der Waals surface area (Å²) in [6.07, 6.45) is 10.8. The average molecular weight is 1030 g/mol. The molecule has 1 heterocycles. The third kappa shape index (κ3) is 11.7. The molecule has 3 aliphatic rings. The standard InChI is InChI=1S/C60H59FN4O11/c1-2-33-73-60-56(63(38-41-13-21-46(61)22-14-41)57(68)30-19-40-15-23-47(24-16-40)64(69)70)37-54(62-74-39-42-17-25-48(26-18-42)65(71)72)52-35-45(11-5-7-31-66)51(12-6-8-32-67)58(59(52)60)53-36-50(28-29-55(53)76-60)75-49-27-20-43-9-3-4-10-44(43)34-49/h2-4,9-10,13-30,34-36,45,51,56,58-59,66-67H,1,5-8,11-12,31-33,37-39H2. The summed E-state index contributed by atoms with van der Waals surface area (Å²) in [7, 11) is 0. The van der Waals surface area contributed by atoms with E-state index in [2.05, 4.69) is 12.7 Å². The first-order valence-corrected chi connectivity index (χ1v) is 25.6. The molecule has 1 amide bonds. The van der Waals surface area contributed by atoms with Crippen molar-refractivity contribution in [2.75, 3.05) is 19.8 Å². The predicted molar refractivity (Wildman–Crippen MR) is 286 cm³/mol. The molecule has 15 nitrogen and oxygen atoms in total. The highest BCUT2D eigenvalue weighted by Gasteiger charge is 2.65. The van der Waals surface area contributed by atoms with Gasteiger partial charge < -0.3 is 34.2 Å². The van der Waals surface area contributed by atoms with E-state index >= 15 is 4.79 Å². The molecule has 6 aromatic carbocycles. The number of hydrogen-bond acceptors (Lipinski definition) is 12. The Hall–Kier alpha value is -8.05. The molecule has 1 fully saturated rings. The number of unbranched alkanes of at least 4 members (excludes halogenated alkanes) is 2. The van der Waals surface area contributed by atoms with E-state index < -0.39 is 45.2 Å². The minimum atomic E-state index is -1.65. The van der Waals surface area contributed by atoms with Gasteiger partial charge in [0.05, 0.1) is 28.1 Å². The van der Waals surface area contributed by atoms with E-state index in [1.54, 1.807) is 53.5 Å². The summed E-state index contributed by atoms with van der Waals surface area (Å²) in [4.78, 5) is 45.2. The van der Waals surface area contributed by atoms with E-state index in [9.17, 15) is 34.8 Å². The second-order valence-corrected chi connectivity index (χ2v) is 19.4. The lowest BCUT2D eigenvalue weighted by molar-refractivity contribution is -0.385. The van der Waals surface area contributed by atoms with Crippen LogP contribution in [0.1, 0.15) is 73.1 Å². The fourth-order valence-corrected chi connectivity index (χ4v) is 11.1. The van der Waals surface area contributed by atoms with Crippen LogP contribution in [0.15, 0.2) is 169 Å². The predicted octanol–water partition coefficient (Wildman–Crippen LogP) is 12.2. The molecule has 6 unspecified atom stereocenters. The van der Waals surface area contributed by atoms with E-state index in [4.69, 9.17) is 24.2 Å². The number of carbonyl (C=O) groups is 1. The van der Waals surface area contributed by atoms with Crippen molar-refractivity contribution >= 4 is 39.8 Å². The highest BCUT2D eigenvalue weighted by molar-refractivity contribution is 6.03. The zero-order chi connectivity index (χ0) is 53.2. The van der Waals surface area contributed by atoms with Crippen molar-refractivity contribution in [3.05, 3.63) is 212 Å². The van der Waals surface area contributed by atoms with Crippen molar-refractivity contribution in [2.45, 2.75) is 75.8 Å². The number of halogens is 1. The molecule has 6 atom stereocenters. The van der Waals surface area contributed by atoms with Crippen molar-refractivity contribution in [1.82, 2.24) is 4.90 Å². The average Bonchev–Trinajstić information content (AvgIpc) is 3.60. The molecule has 16 heteroatoms. The molecule has 76 heavy (non-hydrogen) atoms. The van der Waals surface area contributed by atoms with Gasteiger partial charge in [-0.2, -0.15) is 0 Å². The second-order valence-electron chi connectivity index (χ2n) is 19.4. The number of nitro benzene ring substituents is 2. The van der Waals surface area contributed by atoms with Crippen molar-refractivity contribution in [2.24, 2.45) is 22.9 Å². The van der Waals surface area contributed by atoms with Crippen LogP contribution in [-0.2, 0) is 27.5 Å². The highest BCUT2D eigenvalue weighted by Crippen LogP contribution is 2.62. The molecule has 0 saturated heterocycles. The zero-order valence-electron chi connectivity index (χ0n) is 41.8. The molecule has 0 bridgehead atoms. The van der Waals surface area contributed by atoms with Crippen LogP contribution in [0.25, 0.3) is 16.8 Å². The third-order valence-corrected chi connectivity index (χ3v) is 14.6. The Morgan fingerprint density at radius 2 is 1.47 bits per heavy atom. The number of hydrogen-bond donors (Lipinski definition) is 2. The Bertz CT molecular complexity index is 3150. The van der Waals surface area contributed by atoms with Crippen molar-refractivity contribution in [3.63, 3.8) is 0 Å². The first kappa shape index (κ1) is 52.8. The van der Waals surface area contributed by atoms with Gasteiger partial charge in [0.15, 0.2) is 0 Å². The van der Waals surface area contributed by atoms with Gasteiger partial charge in [0, 0.05) is 68.0 Å². The number of aliphatic hydroxyl groups is 2. The first-order chi connectivity index (χ1) is 37.0. The number of nitrogens with zero attached hydrogens (tertiary/aromatic N) is 4. The molecule has 2 N–H and O–H groups in total. The van der Waals surface area contributed by atoms with Crippen LogP contribution in [0.5, 0.6) is 17.2 Å². The lowest BCUT2D eigenvalue weighted by atomic mass is 9.55. The number of carbonyl (C=O) groups excluding carboxylic acids is 1. The number of amides is 1.